The summed E-state index contributed by atoms with van der Waals surface area (Å²) < 4.78 is 0.907. The summed E-state index contributed by atoms with van der Waals surface area (Å²) in [5, 5.41) is 9.82. The third-order valence-electron chi connectivity index (χ3n) is 3.06. The number of halogens is 2. The molecule has 0 saturated carbocycles. The summed E-state index contributed by atoms with van der Waals surface area (Å²) in [6.45, 7) is 1.83. The van der Waals surface area contributed by atoms with Crippen molar-refractivity contribution in [2.24, 2.45) is 0 Å². The molecule has 2 rings (SSSR count). The molecular formula is C16H11BrClNO. The van der Waals surface area contributed by atoms with Crippen LogP contribution in [0.2, 0.25) is 5.02 Å². The highest BCUT2D eigenvalue weighted by atomic mass is 79.9. The van der Waals surface area contributed by atoms with Crippen LogP contribution in [0.4, 0.5) is 0 Å². The standard InChI is InChI=1S/C16H11BrClNO/c1-10-2-7-13(18)8-14(10)16(20)15(9-19)11-3-5-12(17)6-4-11/h2-8,15H,1H3. The summed E-state index contributed by atoms with van der Waals surface area (Å²) in [5.41, 5.74) is 1.99. The van der Waals surface area contributed by atoms with E-state index in [1.165, 1.54) is 0 Å². The van der Waals surface area contributed by atoms with Gasteiger partial charge in [-0.25, -0.2) is 0 Å². The molecule has 0 aromatic heterocycles. The van der Waals surface area contributed by atoms with Crippen molar-refractivity contribution in [2.45, 2.75) is 12.8 Å². The molecule has 0 saturated heterocycles. The minimum Gasteiger partial charge on any atom is -0.292 e. The van der Waals surface area contributed by atoms with Crippen molar-refractivity contribution in [1.29, 1.82) is 5.26 Å². The van der Waals surface area contributed by atoms with Gasteiger partial charge in [-0.2, -0.15) is 5.26 Å². The average Bonchev–Trinajstić information content (AvgIpc) is 2.44. The van der Waals surface area contributed by atoms with E-state index < -0.39 is 5.92 Å². The first kappa shape index (κ1) is 14.8. The van der Waals surface area contributed by atoms with Gasteiger partial charge in [0.05, 0.1) is 6.07 Å². The van der Waals surface area contributed by atoms with Crippen LogP contribution in [0.25, 0.3) is 0 Å². The molecule has 0 amide bonds. The highest BCUT2D eigenvalue weighted by Crippen LogP contribution is 2.25. The number of carbonyl (C=O) groups is 1. The molecule has 4 heteroatoms. The Balaban J connectivity index is 2.42. The predicted octanol–water partition coefficient (Wildman–Crippen LogP) is 4.90. The zero-order valence-electron chi connectivity index (χ0n) is 10.7. The van der Waals surface area contributed by atoms with Gasteiger partial charge >= 0.3 is 0 Å². The number of hydrogen-bond acceptors (Lipinski definition) is 2. The fourth-order valence-electron chi connectivity index (χ4n) is 1.95. The van der Waals surface area contributed by atoms with Crippen molar-refractivity contribution in [1.82, 2.24) is 0 Å². The zero-order chi connectivity index (χ0) is 14.7. The lowest BCUT2D eigenvalue weighted by atomic mass is 9.90. The number of ketones is 1. The number of hydrogen-bond donors (Lipinski definition) is 0. The van der Waals surface area contributed by atoms with E-state index in [4.69, 9.17) is 11.6 Å². The number of nitrogens with zero attached hydrogens (tertiary/aromatic N) is 1. The van der Waals surface area contributed by atoms with Crippen molar-refractivity contribution in [2.75, 3.05) is 0 Å². The first-order valence-electron chi connectivity index (χ1n) is 5.98. The van der Waals surface area contributed by atoms with Crippen molar-refractivity contribution in [3.05, 3.63) is 68.7 Å². The largest absolute Gasteiger partial charge is 0.292 e. The highest BCUT2D eigenvalue weighted by Gasteiger charge is 2.23. The molecule has 20 heavy (non-hydrogen) atoms. The molecule has 0 aliphatic heterocycles. The summed E-state index contributed by atoms with van der Waals surface area (Å²) in [6, 6.07) is 14.4. The molecule has 0 aliphatic carbocycles. The fraction of sp³-hybridized carbons (Fsp3) is 0.125. The second-order valence-corrected chi connectivity index (χ2v) is 5.79. The molecule has 0 radical (unpaired) electrons. The highest BCUT2D eigenvalue weighted by molar-refractivity contribution is 9.10. The Hall–Kier alpha value is -1.63. The molecule has 1 unspecified atom stereocenters. The third kappa shape index (κ3) is 3.09. The van der Waals surface area contributed by atoms with Crippen molar-refractivity contribution >= 4 is 33.3 Å². The second kappa shape index (κ2) is 6.21. The van der Waals surface area contributed by atoms with Crippen LogP contribution in [-0.4, -0.2) is 5.78 Å². The maximum Gasteiger partial charge on any atom is 0.184 e. The summed E-state index contributed by atoms with van der Waals surface area (Å²) in [4.78, 5) is 12.5. The van der Waals surface area contributed by atoms with Crippen LogP contribution in [0.5, 0.6) is 0 Å². The van der Waals surface area contributed by atoms with E-state index in [0.29, 0.717) is 16.1 Å². The summed E-state index contributed by atoms with van der Waals surface area (Å²) in [5.74, 6) is -1.05. The summed E-state index contributed by atoms with van der Waals surface area (Å²) in [6.07, 6.45) is 0. The third-order valence-corrected chi connectivity index (χ3v) is 3.82. The van der Waals surface area contributed by atoms with Gasteiger partial charge in [-0.3, -0.25) is 4.79 Å². The van der Waals surface area contributed by atoms with Gasteiger partial charge < -0.3 is 0 Å². The Labute approximate surface area is 131 Å². The van der Waals surface area contributed by atoms with Crippen molar-refractivity contribution in [3.8, 4) is 6.07 Å². The minimum absolute atomic E-state index is 0.227. The van der Waals surface area contributed by atoms with E-state index in [-0.39, 0.29) is 5.78 Å². The van der Waals surface area contributed by atoms with Gasteiger partial charge in [-0.1, -0.05) is 45.7 Å². The molecule has 0 aliphatic rings. The van der Waals surface area contributed by atoms with Crippen LogP contribution in [0.15, 0.2) is 46.9 Å². The molecule has 0 fully saturated rings. The number of rotatable bonds is 3. The van der Waals surface area contributed by atoms with Gasteiger partial charge in [-0.05, 0) is 42.3 Å². The van der Waals surface area contributed by atoms with Crippen LogP contribution in [-0.2, 0) is 0 Å². The lowest BCUT2D eigenvalue weighted by molar-refractivity contribution is 0.0978. The molecule has 2 nitrogen and oxygen atoms in total. The number of Topliss-reactive ketones (excluding diaryl/α,β-unsaturated/α-hetero) is 1. The topological polar surface area (TPSA) is 40.9 Å². The lowest BCUT2D eigenvalue weighted by Crippen LogP contribution is -2.12. The number of nitriles is 1. The van der Waals surface area contributed by atoms with Crippen molar-refractivity contribution in [3.63, 3.8) is 0 Å². The first-order valence-corrected chi connectivity index (χ1v) is 7.15. The molecule has 0 bridgehead atoms. The summed E-state index contributed by atoms with van der Waals surface area (Å²) in [7, 11) is 0. The minimum atomic E-state index is -0.819. The normalized spacial score (nSPS) is 11.7. The number of aryl methyl sites for hydroxylation is 1. The summed E-state index contributed by atoms with van der Waals surface area (Å²) >= 11 is 9.27. The SMILES string of the molecule is Cc1ccc(Cl)cc1C(=O)C(C#N)c1ccc(Br)cc1. The van der Waals surface area contributed by atoms with E-state index >= 15 is 0 Å². The molecule has 0 spiro atoms. The van der Waals surface area contributed by atoms with E-state index in [2.05, 4.69) is 22.0 Å². The molecule has 2 aromatic carbocycles. The molecule has 1 atom stereocenters. The molecule has 0 N–H and O–H groups in total. The average molecular weight is 349 g/mol. The van der Waals surface area contributed by atoms with Crippen LogP contribution in [0, 0.1) is 18.3 Å². The molecule has 2 aromatic rings. The van der Waals surface area contributed by atoms with E-state index in [1.807, 2.05) is 19.1 Å². The first-order chi connectivity index (χ1) is 9.52. The Morgan fingerprint density at radius 3 is 2.50 bits per heavy atom. The molecule has 100 valence electrons. The second-order valence-electron chi connectivity index (χ2n) is 4.44. The van der Waals surface area contributed by atoms with Gasteiger partial charge in [-0.15, -0.1) is 0 Å². The fourth-order valence-corrected chi connectivity index (χ4v) is 2.39. The Bertz CT molecular complexity index is 689. The van der Waals surface area contributed by atoms with Crippen LogP contribution < -0.4 is 0 Å². The van der Waals surface area contributed by atoms with Crippen LogP contribution in [0.1, 0.15) is 27.4 Å². The van der Waals surface area contributed by atoms with E-state index in [9.17, 15) is 10.1 Å². The van der Waals surface area contributed by atoms with E-state index in [1.54, 1.807) is 30.3 Å². The molecule has 0 heterocycles. The van der Waals surface area contributed by atoms with Crippen LogP contribution >= 0.6 is 27.5 Å². The predicted molar refractivity (Wildman–Crippen MR) is 83.0 cm³/mol. The van der Waals surface area contributed by atoms with Gasteiger partial charge in [0.1, 0.15) is 5.92 Å². The van der Waals surface area contributed by atoms with Crippen molar-refractivity contribution < 1.29 is 4.79 Å². The Kier molecular flexibility index (Phi) is 4.59. The van der Waals surface area contributed by atoms with E-state index in [0.717, 1.165) is 10.0 Å². The lowest BCUT2D eigenvalue weighted by Gasteiger charge is -2.11. The Morgan fingerprint density at radius 2 is 1.90 bits per heavy atom. The zero-order valence-corrected chi connectivity index (χ0v) is 13.1. The van der Waals surface area contributed by atoms with Gasteiger partial charge in [0.25, 0.3) is 0 Å². The van der Waals surface area contributed by atoms with Gasteiger partial charge in [0.15, 0.2) is 5.78 Å². The quantitative estimate of drug-likeness (QED) is 0.740. The monoisotopic (exact) mass is 347 g/mol. The maximum absolute atomic E-state index is 12.5. The smallest absolute Gasteiger partial charge is 0.184 e. The Morgan fingerprint density at radius 1 is 1.25 bits per heavy atom. The van der Waals surface area contributed by atoms with Crippen LogP contribution in [0.3, 0.4) is 0 Å². The molecular weight excluding hydrogens is 338 g/mol. The maximum atomic E-state index is 12.5. The van der Waals surface area contributed by atoms with Gasteiger partial charge in [0, 0.05) is 15.1 Å². The van der Waals surface area contributed by atoms with Gasteiger partial charge in [0.2, 0.25) is 0 Å². The number of carbonyl (C=O) groups excluding carboxylic acids is 1. The number of benzene rings is 2.